The Morgan fingerprint density at radius 3 is 2.88 bits per heavy atom. The summed E-state index contributed by atoms with van der Waals surface area (Å²) < 4.78 is 14.1. The molecule has 1 saturated heterocycles. The van der Waals surface area contributed by atoms with Gasteiger partial charge in [-0.2, -0.15) is 0 Å². The number of halogens is 2. The zero-order valence-electron chi connectivity index (χ0n) is 12.8. The predicted molar refractivity (Wildman–Crippen MR) is 91.6 cm³/mol. The van der Waals surface area contributed by atoms with Gasteiger partial charge < -0.3 is 15.6 Å². The van der Waals surface area contributed by atoms with Crippen molar-refractivity contribution in [2.45, 2.75) is 18.9 Å². The molecule has 3 aromatic heterocycles. The molecule has 3 aromatic rings. The van der Waals surface area contributed by atoms with Crippen molar-refractivity contribution in [2.75, 3.05) is 18.4 Å². The van der Waals surface area contributed by atoms with Crippen LogP contribution in [0.1, 0.15) is 12.8 Å². The Balaban J connectivity index is 1.70. The van der Waals surface area contributed by atoms with Gasteiger partial charge in [-0.3, -0.25) is 0 Å². The number of piperidine rings is 1. The molecule has 1 fully saturated rings. The second kappa shape index (κ2) is 6.33. The van der Waals surface area contributed by atoms with E-state index in [1.807, 2.05) is 0 Å². The molecule has 0 saturated carbocycles. The summed E-state index contributed by atoms with van der Waals surface area (Å²) in [4.78, 5) is 15.8. The van der Waals surface area contributed by atoms with Crippen LogP contribution >= 0.6 is 11.6 Å². The van der Waals surface area contributed by atoms with E-state index in [1.54, 1.807) is 18.5 Å². The van der Waals surface area contributed by atoms with Gasteiger partial charge in [-0.15, -0.1) is 0 Å². The van der Waals surface area contributed by atoms with Gasteiger partial charge in [-0.05, 0) is 32.0 Å². The van der Waals surface area contributed by atoms with Gasteiger partial charge in [0.05, 0.1) is 11.2 Å². The Labute approximate surface area is 142 Å². The molecule has 0 bridgehead atoms. The van der Waals surface area contributed by atoms with E-state index in [2.05, 4.69) is 30.6 Å². The van der Waals surface area contributed by atoms with Crippen LogP contribution in [-0.4, -0.2) is 39.1 Å². The molecule has 3 N–H and O–H groups in total. The highest BCUT2D eigenvalue weighted by molar-refractivity contribution is 6.31. The normalized spacial score (nSPS) is 15.8. The molecule has 24 heavy (non-hydrogen) atoms. The topological polar surface area (TPSA) is 78.5 Å². The average molecular weight is 347 g/mol. The molecule has 124 valence electrons. The van der Waals surface area contributed by atoms with Crippen molar-refractivity contribution in [3.63, 3.8) is 0 Å². The van der Waals surface area contributed by atoms with Gasteiger partial charge in [0, 0.05) is 29.4 Å². The van der Waals surface area contributed by atoms with Crippen LogP contribution in [0.2, 0.25) is 5.02 Å². The van der Waals surface area contributed by atoms with Gasteiger partial charge in [0.25, 0.3) is 0 Å². The monoisotopic (exact) mass is 346 g/mol. The van der Waals surface area contributed by atoms with Crippen LogP contribution in [0, 0.1) is 5.82 Å². The number of aromatic nitrogens is 4. The molecule has 4 rings (SSSR count). The van der Waals surface area contributed by atoms with Crippen LogP contribution in [-0.2, 0) is 0 Å². The quantitative estimate of drug-likeness (QED) is 0.679. The lowest BCUT2D eigenvalue weighted by Gasteiger charge is -2.24. The van der Waals surface area contributed by atoms with Gasteiger partial charge >= 0.3 is 0 Å². The van der Waals surface area contributed by atoms with Crippen molar-refractivity contribution < 1.29 is 4.39 Å². The second-order valence-electron chi connectivity index (χ2n) is 5.81. The van der Waals surface area contributed by atoms with Crippen molar-refractivity contribution in [3.8, 4) is 11.4 Å². The number of anilines is 1. The number of nitrogens with zero attached hydrogens (tertiary/aromatic N) is 3. The van der Waals surface area contributed by atoms with Gasteiger partial charge in [0.15, 0.2) is 17.5 Å². The third kappa shape index (κ3) is 2.92. The Morgan fingerprint density at radius 1 is 1.21 bits per heavy atom. The predicted octanol–water partition coefficient (Wildman–Crippen LogP) is 2.98. The van der Waals surface area contributed by atoms with E-state index in [0.717, 1.165) is 36.9 Å². The molecule has 0 radical (unpaired) electrons. The first kappa shape index (κ1) is 15.3. The van der Waals surface area contributed by atoms with Crippen molar-refractivity contribution in [1.29, 1.82) is 0 Å². The van der Waals surface area contributed by atoms with E-state index in [9.17, 15) is 4.39 Å². The van der Waals surface area contributed by atoms with Crippen LogP contribution in [0.15, 0.2) is 24.7 Å². The smallest absolute Gasteiger partial charge is 0.183 e. The average Bonchev–Trinajstić information content (AvgIpc) is 3.01. The molecule has 8 heteroatoms. The number of pyridine rings is 1. The lowest BCUT2D eigenvalue weighted by Crippen LogP contribution is -2.35. The highest BCUT2D eigenvalue weighted by atomic mass is 35.5. The standard InChI is InChI=1S/C16H16ClFN6/c17-9-5-11-12(7-21-14(11)20-6-9)15-22-8-13(18)16(24-15)23-10-1-3-19-4-2-10/h5-8,10,19H,1-4H2,(H,20,21)(H,22,23,24). The fraction of sp³-hybridized carbons (Fsp3) is 0.312. The maximum atomic E-state index is 14.1. The molecule has 1 aliphatic heterocycles. The van der Waals surface area contributed by atoms with Crippen molar-refractivity contribution >= 4 is 28.5 Å². The lowest BCUT2D eigenvalue weighted by atomic mass is 10.1. The summed E-state index contributed by atoms with van der Waals surface area (Å²) in [5.41, 5.74) is 1.43. The van der Waals surface area contributed by atoms with Gasteiger partial charge in [-0.25, -0.2) is 19.3 Å². The third-order valence-electron chi connectivity index (χ3n) is 4.16. The molecule has 0 atom stereocenters. The molecular weight excluding hydrogens is 331 g/mol. The van der Waals surface area contributed by atoms with E-state index >= 15 is 0 Å². The van der Waals surface area contributed by atoms with Crippen LogP contribution in [0.25, 0.3) is 22.4 Å². The highest BCUT2D eigenvalue weighted by Gasteiger charge is 2.17. The summed E-state index contributed by atoms with van der Waals surface area (Å²) in [6, 6.07) is 2.00. The summed E-state index contributed by atoms with van der Waals surface area (Å²) in [6.07, 6.45) is 6.40. The molecule has 6 nitrogen and oxygen atoms in total. The minimum Gasteiger partial charge on any atom is -0.365 e. The molecule has 0 aliphatic carbocycles. The fourth-order valence-electron chi connectivity index (χ4n) is 2.92. The Bertz CT molecular complexity index is 874. The number of fused-ring (bicyclic) bond motifs is 1. The second-order valence-corrected chi connectivity index (χ2v) is 6.25. The minimum absolute atomic E-state index is 0.211. The van der Waals surface area contributed by atoms with E-state index in [-0.39, 0.29) is 11.9 Å². The molecule has 0 aromatic carbocycles. The molecular formula is C16H16ClFN6. The summed E-state index contributed by atoms with van der Waals surface area (Å²) in [7, 11) is 0. The van der Waals surface area contributed by atoms with E-state index < -0.39 is 5.82 Å². The van der Waals surface area contributed by atoms with Crippen molar-refractivity contribution in [3.05, 3.63) is 35.5 Å². The highest BCUT2D eigenvalue weighted by Crippen LogP contribution is 2.28. The largest absolute Gasteiger partial charge is 0.365 e. The minimum atomic E-state index is -0.451. The van der Waals surface area contributed by atoms with Gasteiger partial charge in [0.2, 0.25) is 0 Å². The first-order valence-electron chi connectivity index (χ1n) is 7.83. The molecule has 1 aliphatic rings. The summed E-state index contributed by atoms with van der Waals surface area (Å²) in [5.74, 6) is 0.215. The number of rotatable bonds is 3. The Hall–Kier alpha value is -2.25. The molecule has 0 amide bonds. The van der Waals surface area contributed by atoms with Crippen LogP contribution < -0.4 is 10.6 Å². The molecule has 0 spiro atoms. The first-order valence-corrected chi connectivity index (χ1v) is 8.21. The number of H-pyrrole nitrogens is 1. The number of nitrogens with one attached hydrogen (secondary N) is 3. The Kier molecular flexibility index (Phi) is 4.03. The van der Waals surface area contributed by atoms with E-state index in [1.165, 1.54) is 6.20 Å². The first-order chi connectivity index (χ1) is 11.7. The maximum Gasteiger partial charge on any atom is 0.183 e. The fourth-order valence-corrected chi connectivity index (χ4v) is 3.08. The van der Waals surface area contributed by atoms with Crippen molar-refractivity contribution in [1.82, 2.24) is 25.3 Å². The van der Waals surface area contributed by atoms with Crippen LogP contribution in [0.4, 0.5) is 10.2 Å². The van der Waals surface area contributed by atoms with E-state index in [4.69, 9.17) is 11.6 Å². The maximum absolute atomic E-state index is 14.1. The Morgan fingerprint density at radius 2 is 2.04 bits per heavy atom. The summed E-state index contributed by atoms with van der Waals surface area (Å²) in [5, 5.41) is 7.81. The lowest BCUT2D eigenvalue weighted by molar-refractivity contribution is 0.475. The zero-order valence-corrected chi connectivity index (χ0v) is 13.6. The van der Waals surface area contributed by atoms with Crippen LogP contribution in [0.5, 0.6) is 0 Å². The number of hydrogen-bond acceptors (Lipinski definition) is 5. The summed E-state index contributed by atoms with van der Waals surface area (Å²) >= 11 is 6.02. The zero-order chi connectivity index (χ0) is 16.5. The van der Waals surface area contributed by atoms with Crippen LogP contribution in [0.3, 0.4) is 0 Å². The van der Waals surface area contributed by atoms with Crippen molar-refractivity contribution in [2.24, 2.45) is 0 Å². The van der Waals surface area contributed by atoms with Gasteiger partial charge in [-0.1, -0.05) is 11.6 Å². The number of hydrogen-bond donors (Lipinski definition) is 3. The molecule has 0 unspecified atom stereocenters. The van der Waals surface area contributed by atoms with Gasteiger partial charge in [0.1, 0.15) is 5.65 Å². The number of aromatic amines is 1. The summed E-state index contributed by atoms with van der Waals surface area (Å²) in [6.45, 7) is 1.84. The SMILES string of the molecule is Fc1cnc(-c2c[nH]c3ncc(Cl)cc23)nc1NC1CCNCC1. The molecule has 4 heterocycles. The third-order valence-corrected chi connectivity index (χ3v) is 4.37. The van der Waals surface area contributed by atoms with E-state index in [0.29, 0.717) is 16.5 Å².